The van der Waals surface area contributed by atoms with Crippen LogP contribution in [0.15, 0.2) is 30.0 Å². The first kappa shape index (κ1) is 17.6. The minimum absolute atomic E-state index is 0.0373. The van der Waals surface area contributed by atoms with Gasteiger partial charge in [0.1, 0.15) is 12.9 Å². The van der Waals surface area contributed by atoms with E-state index in [9.17, 15) is 9.59 Å². The topological polar surface area (TPSA) is 93.0 Å². The molecule has 0 radical (unpaired) electrons. The molecule has 0 unspecified atom stereocenters. The Balaban J connectivity index is 1.38. The van der Waals surface area contributed by atoms with E-state index in [0.717, 1.165) is 36.1 Å². The molecule has 1 N–H and O–H groups in total. The van der Waals surface area contributed by atoms with Crippen LogP contribution in [0.2, 0.25) is 0 Å². The third kappa shape index (κ3) is 4.13. The highest BCUT2D eigenvalue weighted by Gasteiger charge is 2.17. The van der Waals surface area contributed by atoms with Crippen molar-refractivity contribution in [2.24, 2.45) is 0 Å². The molecule has 3 heterocycles. The van der Waals surface area contributed by atoms with Gasteiger partial charge in [0.2, 0.25) is 11.9 Å². The summed E-state index contributed by atoms with van der Waals surface area (Å²) >= 11 is 1.48. The van der Waals surface area contributed by atoms with Crippen molar-refractivity contribution in [3.8, 4) is 0 Å². The van der Waals surface area contributed by atoms with Crippen LogP contribution in [0.3, 0.4) is 0 Å². The number of carbonyl (C=O) groups is 2. The molecule has 0 spiro atoms. The number of carbonyl (C=O) groups excluding carboxylic acids is 2. The highest BCUT2D eigenvalue weighted by molar-refractivity contribution is 7.16. The predicted molar refractivity (Wildman–Crippen MR) is 103 cm³/mol. The van der Waals surface area contributed by atoms with Crippen LogP contribution in [-0.4, -0.2) is 49.6 Å². The van der Waals surface area contributed by atoms with E-state index < -0.39 is 0 Å². The monoisotopic (exact) mass is 384 g/mol. The number of benzene rings is 1. The second-order valence-electron chi connectivity index (χ2n) is 6.55. The number of rotatable bonds is 4. The summed E-state index contributed by atoms with van der Waals surface area (Å²) in [5.74, 6) is -0.0645. The van der Waals surface area contributed by atoms with Gasteiger partial charge in [-0.2, -0.15) is 0 Å². The van der Waals surface area contributed by atoms with Gasteiger partial charge in [-0.05, 0) is 31.0 Å². The van der Waals surface area contributed by atoms with Gasteiger partial charge in [0, 0.05) is 18.7 Å². The van der Waals surface area contributed by atoms with E-state index in [1.165, 1.54) is 35.2 Å². The SMILES string of the molecule is O=C(Nc1ncn(CC(=O)N2CCCCCC2)n1)c1ccc2ncsc2c1. The van der Waals surface area contributed by atoms with Crippen LogP contribution in [0.5, 0.6) is 0 Å². The Morgan fingerprint density at radius 1 is 1.11 bits per heavy atom. The maximum absolute atomic E-state index is 12.4. The molecule has 0 bridgehead atoms. The standard InChI is InChI=1S/C18H20N6O2S/c25-16(23-7-3-1-2-4-8-23)10-24-11-19-18(22-24)21-17(26)13-5-6-14-15(9-13)27-12-20-14/h5-6,9,11-12H,1-4,7-8,10H2,(H,21,22,26). The minimum atomic E-state index is -0.290. The van der Waals surface area contributed by atoms with Gasteiger partial charge in [-0.15, -0.1) is 16.4 Å². The molecular weight excluding hydrogens is 364 g/mol. The molecule has 27 heavy (non-hydrogen) atoms. The van der Waals surface area contributed by atoms with Gasteiger partial charge >= 0.3 is 0 Å². The van der Waals surface area contributed by atoms with Crippen molar-refractivity contribution >= 4 is 39.3 Å². The zero-order valence-electron chi connectivity index (χ0n) is 14.8. The summed E-state index contributed by atoms with van der Waals surface area (Å²) in [4.78, 5) is 35.0. The molecule has 9 heteroatoms. The van der Waals surface area contributed by atoms with Crippen LogP contribution in [0.4, 0.5) is 5.95 Å². The number of fused-ring (bicyclic) bond motifs is 1. The van der Waals surface area contributed by atoms with Crippen molar-refractivity contribution in [2.45, 2.75) is 32.2 Å². The summed E-state index contributed by atoms with van der Waals surface area (Å²) in [5.41, 5.74) is 3.13. The Morgan fingerprint density at radius 2 is 1.93 bits per heavy atom. The van der Waals surface area contributed by atoms with Crippen LogP contribution in [0.1, 0.15) is 36.0 Å². The number of hydrogen-bond donors (Lipinski definition) is 1. The van der Waals surface area contributed by atoms with Crippen LogP contribution in [-0.2, 0) is 11.3 Å². The second-order valence-corrected chi connectivity index (χ2v) is 7.44. The number of anilines is 1. The maximum Gasteiger partial charge on any atom is 0.258 e. The van der Waals surface area contributed by atoms with E-state index >= 15 is 0 Å². The van der Waals surface area contributed by atoms with Crippen molar-refractivity contribution in [1.29, 1.82) is 0 Å². The molecular formula is C18H20N6O2S. The van der Waals surface area contributed by atoms with Crippen molar-refractivity contribution in [3.05, 3.63) is 35.6 Å². The largest absolute Gasteiger partial charge is 0.341 e. The Hall–Kier alpha value is -2.81. The van der Waals surface area contributed by atoms with E-state index in [-0.39, 0.29) is 24.3 Å². The van der Waals surface area contributed by atoms with Crippen LogP contribution >= 0.6 is 11.3 Å². The molecule has 0 aliphatic carbocycles. The quantitative estimate of drug-likeness (QED) is 0.746. The molecule has 8 nitrogen and oxygen atoms in total. The molecule has 0 saturated carbocycles. The van der Waals surface area contributed by atoms with E-state index in [0.29, 0.717) is 5.56 Å². The zero-order chi connectivity index (χ0) is 18.6. The fourth-order valence-electron chi connectivity index (χ4n) is 3.16. The lowest BCUT2D eigenvalue weighted by Gasteiger charge is -2.19. The smallest absolute Gasteiger partial charge is 0.258 e. The van der Waals surface area contributed by atoms with E-state index in [2.05, 4.69) is 20.4 Å². The molecule has 3 aromatic rings. The van der Waals surface area contributed by atoms with Crippen molar-refractivity contribution in [3.63, 3.8) is 0 Å². The molecule has 1 aliphatic heterocycles. The average Bonchev–Trinajstić information content (AvgIpc) is 3.22. The lowest BCUT2D eigenvalue weighted by atomic mass is 10.2. The first-order chi connectivity index (χ1) is 13.2. The molecule has 2 amide bonds. The second kappa shape index (κ2) is 7.83. The highest BCUT2D eigenvalue weighted by Crippen LogP contribution is 2.19. The summed E-state index contributed by atoms with van der Waals surface area (Å²) < 4.78 is 2.42. The molecule has 1 saturated heterocycles. The third-order valence-electron chi connectivity index (χ3n) is 4.61. The molecule has 4 rings (SSSR count). The van der Waals surface area contributed by atoms with E-state index in [4.69, 9.17) is 0 Å². The summed E-state index contributed by atoms with van der Waals surface area (Å²) in [6.45, 7) is 1.74. The molecule has 140 valence electrons. The molecule has 1 aromatic carbocycles. The maximum atomic E-state index is 12.4. The van der Waals surface area contributed by atoms with Crippen LogP contribution in [0, 0.1) is 0 Å². The van der Waals surface area contributed by atoms with Crippen molar-refractivity contribution in [2.75, 3.05) is 18.4 Å². The van der Waals surface area contributed by atoms with Gasteiger partial charge < -0.3 is 4.90 Å². The number of amides is 2. The average molecular weight is 384 g/mol. The fraction of sp³-hybridized carbons (Fsp3) is 0.389. The van der Waals surface area contributed by atoms with E-state index in [1.54, 1.807) is 17.6 Å². The van der Waals surface area contributed by atoms with Crippen molar-refractivity contribution < 1.29 is 9.59 Å². The van der Waals surface area contributed by atoms with Gasteiger partial charge in [-0.25, -0.2) is 14.6 Å². The number of hydrogen-bond acceptors (Lipinski definition) is 6. The number of aromatic nitrogens is 4. The summed E-state index contributed by atoms with van der Waals surface area (Å²) in [6.07, 6.45) is 5.92. The Morgan fingerprint density at radius 3 is 2.74 bits per heavy atom. The van der Waals surface area contributed by atoms with Crippen LogP contribution < -0.4 is 5.32 Å². The summed E-state index contributed by atoms with van der Waals surface area (Å²) in [7, 11) is 0. The lowest BCUT2D eigenvalue weighted by Crippen LogP contribution is -2.34. The zero-order valence-corrected chi connectivity index (χ0v) is 15.6. The number of nitrogens with zero attached hydrogens (tertiary/aromatic N) is 5. The highest BCUT2D eigenvalue weighted by atomic mass is 32.1. The first-order valence-corrected chi connectivity index (χ1v) is 9.89. The first-order valence-electron chi connectivity index (χ1n) is 9.01. The fourth-order valence-corrected chi connectivity index (χ4v) is 3.87. The Bertz CT molecular complexity index is 958. The summed E-state index contributed by atoms with van der Waals surface area (Å²) in [5, 5.41) is 6.88. The van der Waals surface area contributed by atoms with E-state index in [1.807, 2.05) is 11.0 Å². The van der Waals surface area contributed by atoms with Gasteiger partial charge in [-0.3, -0.25) is 14.9 Å². The van der Waals surface area contributed by atoms with Gasteiger partial charge in [0.05, 0.1) is 15.7 Å². The predicted octanol–water partition coefficient (Wildman–Crippen LogP) is 2.54. The number of likely N-dealkylation sites (tertiary alicyclic amines) is 1. The normalized spacial score (nSPS) is 14.9. The lowest BCUT2D eigenvalue weighted by molar-refractivity contribution is -0.132. The molecule has 0 atom stereocenters. The minimum Gasteiger partial charge on any atom is -0.341 e. The number of nitrogens with one attached hydrogen (secondary N) is 1. The molecule has 2 aromatic heterocycles. The Labute approximate surface area is 160 Å². The Kier molecular flexibility index (Phi) is 5.10. The molecule has 1 aliphatic rings. The molecule has 1 fully saturated rings. The summed E-state index contributed by atoms with van der Waals surface area (Å²) in [6, 6.07) is 5.33. The van der Waals surface area contributed by atoms with Gasteiger partial charge in [0.15, 0.2) is 0 Å². The van der Waals surface area contributed by atoms with Crippen molar-refractivity contribution in [1.82, 2.24) is 24.6 Å². The number of thiazole rings is 1. The van der Waals surface area contributed by atoms with Gasteiger partial charge in [0.25, 0.3) is 5.91 Å². The third-order valence-corrected chi connectivity index (χ3v) is 5.40. The van der Waals surface area contributed by atoms with Crippen LogP contribution in [0.25, 0.3) is 10.2 Å². The van der Waals surface area contributed by atoms with Gasteiger partial charge in [-0.1, -0.05) is 12.8 Å².